The van der Waals surface area contributed by atoms with E-state index >= 15 is 0 Å². The van der Waals surface area contributed by atoms with Crippen molar-refractivity contribution in [1.82, 2.24) is 15.0 Å². The third-order valence-electron chi connectivity index (χ3n) is 3.36. The van der Waals surface area contributed by atoms with Crippen molar-refractivity contribution in [3.63, 3.8) is 0 Å². The number of aromatic carboxylic acids is 1. The third-order valence-corrected chi connectivity index (χ3v) is 3.36. The van der Waals surface area contributed by atoms with E-state index in [9.17, 15) is 4.79 Å². The Kier molecular flexibility index (Phi) is 2.75. The monoisotopic (exact) mass is 267 g/mol. The summed E-state index contributed by atoms with van der Waals surface area (Å²) in [4.78, 5) is 22.5. The summed E-state index contributed by atoms with van der Waals surface area (Å²) in [5.74, 6) is -0.306. The molecule has 5 heteroatoms. The molecule has 0 fully saturated rings. The maximum absolute atomic E-state index is 10.9. The van der Waals surface area contributed by atoms with Crippen LogP contribution in [0.25, 0.3) is 22.6 Å². The van der Waals surface area contributed by atoms with Crippen molar-refractivity contribution in [2.45, 2.75) is 13.8 Å². The smallest absolute Gasteiger partial charge is 0.337 e. The molecule has 0 saturated carbocycles. The second-order valence-electron chi connectivity index (χ2n) is 4.78. The molecule has 1 aromatic carbocycles. The Morgan fingerprint density at radius 1 is 1.20 bits per heavy atom. The number of carbonyl (C=O) groups is 1. The summed E-state index contributed by atoms with van der Waals surface area (Å²) in [7, 11) is 0. The van der Waals surface area contributed by atoms with Crippen molar-refractivity contribution in [3.05, 3.63) is 47.2 Å². The summed E-state index contributed by atoms with van der Waals surface area (Å²) in [5.41, 5.74) is 4.65. The Balaban J connectivity index is 2.12. The quantitative estimate of drug-likeness (QED) is 0.748. The molecule has 0 unspecified atom stereocenters. The highest BCUT2D eigenvalue weighted by atomic mass is 16.4. The third kappa shape index (κ3) is 2.03. The Labute approximate surface area is 115 Å². The van der Waals surface area contributed by atoms with Crippen molar-refractivity contribution in [1.29, 1.82) is 0 Å². The zero-order valence-electron chi connectivity index (χ0n) is 11.1. The zero-order chi connectivity index (χ0) is 14.3. The molecule has 0 radical (unpaired) electrons. The summed E-state index contributed by atoms with van der Waals surface area (Å²) < 4.78 is 0. The number of hydrogen-bond acceptors (Lipinski definition) is 3. The molecule has 0 bridgehead atoms. The first-order valence-electron chi connectivity index (χ1n) is 6.21. The number of H-pyrrole nitrogens is 1. The first-order chi connectivity index (χ1) is 9.54. The van der Waals surface area contributed by atoms with Crippen LogP contribution in [0.5, 0.6) is 0 Å². The lowest BCUT2D eigenvalue weighted by Crippen LogP contribution is -1.96. The van der Waals surface area contributed by atoms with Crippen molar-refractivity contribution in [2.24, 2.45) is 0 Å². The summed E-state index contributed by atoms with van der Waals surface area (Å²) in [6, 6.07) is 7.61. The molecular weight excluding hydrogens is 254 g/mol. The molecule has 0 aliphatic heterocycles. The summed E-state index contributed by atoms with van der Waals surface area (Å²) in [5, 5.41) is 8.96. The van der Waals surface area contributed by atoms with Gasteiger partial charge in [-0.2, -0.15) is 0 Å². The predicted molar refractivity (Wildman–Crippen MR) is 75.8 cm³/mol. The van der Waals surface area contributed by atoms with Crippen LogP contribution in [0.2, 0.25) is 0 Å². The van der Waals surface area contributed by atoms with E-state index in [1.165, 1.54) is 17.3 Å². The number of carboxylic acid groups (broad SMARTS) is 1. The number of nitrogens with one attached hydrogen (secondary N) is 1. The highest BCUT2D eigenvalue weighted by molar-refractivity contribution is 5.91. The van der Waals surface area contributed by atoms with Crippen LogP contribution in [0.3, 0.4) is 0 Å². The van der Waals surface area contributed by atoms with Crippen LogP contribution in [0.1, 0.15) is 21.5 Å². The molecule has 0 atom stereocenters. The minimum absolute atomic E-state index is 0.146. The van der Waals surface area contributed by atoms with Gasteiger partial charge in [0.1, 0.15) is 5.82 Å². The molecule has 3 aromatic rings. The number of aryl methyl sites for hydroxylation is 2. The van der Waals surface area contributed by atoms with Gasteiger partial charge in [0.2, 0.25) is 0 Å². The van der Waals surface area contributed by atoms with Crippen LogP contribution in [-0.2, 0) is 0 Å². The van der Waals surface area contributed by atoms with Crippen LogP contribution in [0.15, 0.2) is 30.5 Å². The number of imidazole rings is 1. The molecule has 0 aliphatic carbocycles. The first-order valence-corrected chi connectivity index (χ1v) is 6.21. The van der Waals surface area contributed by atoms with Gasteiger partial charge in [-0.1, -0.05) is 12.1 Å². The van der Waals surface area contributed by atoms with Gasteiger partial charge in [-0.3, -0.25) is 0 Å². The minimum atomic E-state index is -0.998. The molecule has 0 spiro atoms. The van der Waals surface area contributed by atoms with Crippen molar-refractivity contribution < 1.29 is 9.90 Å². The molecule has 20 heavy (non-hydrogen) atoms. The molecule has 3 rings (SSSR count). The Bertz CT molecular complexity index is 821. The van der Waals surface area contributed by atoms with E-state index in [0.717, 1.165) is 5.56 Å². The summed E-state index contributed by atoms with van der Waals surface area (Å²) >= 11 is 0. The van der Waals surface area contributed by atoms with Crippen molar-refractivity contribution in [3.8, 4) is 11.4 Å². The number of aromatic nitrogens is 3. The zero-order valence-corrected chi connectivity index (χ0v) is 11.1. The van der Waals surface area contributed by atoms with Crippen LogP contribution < -0.4 is 0 Å². The van der Waals surface area contributed by atoms with E-state index in [1.807, 2.05) is 25.1 Å². The van der Waals surface area contributed by atoms with Gasteiger partial charge in [0.05, 0.1) is 11.1 Å². The molecule has 0 amide bonds. The lowest BCUT2D eigenvalue weighted by atomic mass is 10.1. The number of benzene rings is 1. The van der Waals surface area contributed by atoms with E-state index in [2.05, 4.69) is 21.9 Å². The van der Waals surface area contributed by atoms with Gasteiger partial charge in [-0.15, -0.1) is 0 Å². The standard InChI is InChI=1S/C15H13N3O2/c1-8-3-4-10(5-9(8)2)13-17-12-6-11(15(19)20)7-16-14(12)18-13/h3-7H,1-2H3,(H,19,20)(H,16,17,18). The molecule has 2 aromatic heterocycles. The largest absolute Gasteiger partial charge is 0.478 e. The lowest BCUT2D eigenvalue weighted by molar-refractivity contribution is 0.0696. The van der Waals surface area contributed by atoms with Gasteiger partial charge in [0.15, 0.2) is 5.65 Å². The van der Waals surface area contributed by atoms with Gasteiger partial charge >= 0.3 is 5.97 Å². The van der Waals surface area contributed by atoms with Gasteiger partial charge in [0.25, 0.3) is 0 Å². The SMILES string of the molecule is Cc1ccc(-c2nc3ncc(C(=O)O)cc3[nH]2)cc1C. The Hall–Kier alpha value is -2.69. The topological polar surface area (TPSA) is 78.9 Å². The van der Waals surface area contributed by atoms with Gasteiger partial charge in [-0.25, -0.2) is 14.8 Å². The maximum atomic E-state index is 10.9. The molecule has 100 valence electrons. The highest BCUT2D eigenvalue weighted by Crippen LogP contribution is 2.22. The Morgan fingerprint density at radius 2 is 2.00 bits per heavy atom. The molecule has 2 N–H and O–H groups in total. The number of rotatable bonds is 2. The Morgan fingerprint density at radius 3 is 2.70 bits per heavy atom. The number of aromatic amines is 1. The average Bonchev–Trinajstić information content (AvgIpc) is 2.84. The summed E-state index contributed by atoms with van der Waals surface area (Å²) in [6.07, 6.45) is 1.32. The number of carboxylic acids is 1. The second-order valence-corrected chi connectivity index (χ2v) is 4.78. The predicted octanol–water partition coefficient (Wildman–Crippen LogP) is 2.94. The average molecular weight is 267 g/mol. The number of nitrogens with zero attached hydrogens (tertiary/aromatic N) is 2. The fourth-order valence-electron chi connectivity index (χ4n) is 2.04. The highest BCUT2D eigenvalue weighted by Gasteiger charge is 2.10. The molecule has 5 nitrogen and oxygen atoms in total. The molecule has 2 heterocycles. The van der Waals surface area contributed by atoms with Gasteiger partial charge < -0.3 is 10.1 Å². The second kappa shape index (κ2) is 4.45. The number of pyridine rings is 1. The van der Waals surface area contributed by atoms with Crippen molar-refractivity contribution in [2.75, 3.05) is 0 Å². The fourth-order valence-corrected chi connectivity index (χ4v) is 2.04. The first kappa shape index (κ1) is 12.3. The van der Waals surface area contributed by atoms with Gasteiger partial charge in [-0.05, 0) is 37.1 Å². The van der Waals surface area contributed by atoms with Gasteiger partial charge in [0, 0.05) is 11.8 Å². The van der Waals surface area contributed by atoms with E-state index in [4.69, 9.17) is 5.11 Å². The van der Waals surface area contributed by atoms with Crippen LogP contribution in [0, 0.1) is 13.8 Å². The molecular formula is C15H13N3O2. The molecule has 0 aliphatic rings. The maximum Gasteiger partial charge on any atom is 0.337 e. The van der Waals surface area contributed by atoms with Crippen LogP contribution >= 0.6 is 0 Å². The minimum Gasteiger partial charge on any atom is -0.478 e. The van der Waals surface area contributed by atoms with E-state index in [1.54, 1.807) is 6.07 Å². The number of hydrogen-bond donors (Lipinski definition) is 2. The number of fused-ring (bicyclic) bond motifs is 1. The normalized spacial score (nSPS) is 10.9. The van der Waals surface area contributed by atoms with E-state index in [0.29, 0.717) is 17.0 Å². The van der Waals surface area contributed by atoms with Crippen LogP contribution in [0.4, 0.5) is 0 Å². The van der Waals surface area contributed by atoms with E-state index < -0.39 is 5.97 Å². The van der Waals surface area contributed by atoms with Crippen LogP contribution in [-0.4, -0.2) is 26.0 Å². The van der Waals surface area contributed by atoms with E-state index in [-0.39, 0.29) is 5.56 Å². The van der Waals surface area contributed by atoms with Crippen molar-refractivity contribution >= 4 is 17.1 Å². The fraction of sp³-hybridized carbons (Fsp3) is 0.133. The lowest BCUT2D eigenvalue weighted by Gasteiger charge is -2.01. The summed E-state index contributed by atoms with van der Waals surface area (Å²) in [6.45, 7) is 4.10. The molecule has 0 saturated heterocycles.